The molecule has 0 saturated heterocycles. The van der Waals surface area contributed by atoms with Crippen molar-refractivity contribution >= 4 is 34.8 Å². The van der Waals surface area contributed by atoms with Gasteiger partial charge in [0, 0.05) is 17.3 Å². The molecule has 0 atom stereocenters. The van der Waals surface area contributed by atoms with Gasteiger partial charge >= 0.3 is 5.97 Å². The number of halogens is 1. The number of aryl methyl sites for hydroxylation is 1. The molecule has 0 radical (unpaired) electrons. The molecule has 1 saturated carbocycles. The molecule has 1 aromatic rings. The minimum absolute atomic E-state index is 0.0200. The predicted octanol–water partition coefficient (Wildman–Crippen LogP) is 2.31. The summed E-state index contributed by atoms with van der Waals surface area (Å²) in [5.74, 6) is -1.08. The largest absolute Gasteiger partial charge is 0.481 e. The van der Waals surface area contributed by atoms with Crippen LogP contribution in [-0.4, -0.2) is 23.0 Å². The Morgan fingerprint density at radius 2 is 2.17 bits per heavy atom. The van der Waals surface area contributed by atoms with Crippen LogP contribution in [0.2, 0.25) is 4.34 Å². The lowest BCUT2D eigenvalue weighted by atomic mass is 9.80. The fourth-order valence-electron chi connectivity index (χ4n) is 1.96. The molecular formula is C12H14ClNO3S. The number of thiophene rings is 1. The van der Waals surface area contributed by atoms with Crippen LogP contribution in [0.15, 0.2) is 12.1 Å². The second kappa shape index (κ2) is 5.71. The van der Waals surface area contributed by atoms with Gasteiger partial charge in [-0.25, -0.2) is 0 Å². The molecule has 1 aliphatic rings. The number of carboxylic acid groups (broad SMARTS) is 1. The quantitative estimate of drug-likeness (QED) is 0.873. The SMILES string of the molecule is O=C(CCc1ccc(Cl)s1)NC1CC(C(=O)O)C1. The fourth-order valence-corrected chi connectivity index (χ4v) is 3.05. The summed E-state index contributed by atoms with van der Waals surface area (Å²) in [5, 5.41) is 11.6. The molecular weight excluding hydrogens is 274 g/mol. The molecule has 4 nitrogen and oxygen atoms in total. The molecule has 1 amide bonds. The summed E-state index contributed by atoms with van der Waals surface area (Å²) in [6.07, 6.45) is 2.20. The maximum atomic E-state index is 11.6. The van der Waals surface area contributed by atoms with E-state index in [9.17, 15) is 9.59 Å². The highest BCUT2D eigenvalue weighted by molar-refractivity contribution is 7.16. The third-order valence-corrected chi connectivity index (χ3v) is 4.37. The maximum Gasteiger partial charge on any atom is 0.306 e. The van der Waals surface area contributed by atoms with Crippen molar-refractivity contribution in [2.24, 2.45) is 5.92 Å². The van der Waals surface area contributed by atoms with Crippen LogP contribution in [-0.2, 0) is 16.0 Å². The number of amides is 1. The third kappa shape index (κ3) is 3.46. The summed E-state index contributed by atoms with van der Waals surface area (Å²) >= 11 is 7.28. The molecule has 1 aliphatic carbocycles. The topological polar surface area (TPSA) is 66.4 Å². The minimum atomic E-state index is -0.770. The molecule has 0 aliphatic heterocycles. The van der Waals surface area contributed by atoms with E-state index in [0.29, 0.717) is 25.7 Å². The van der Waals surface area contributed by atoms with Gasteiger partial charge in [-0.15, -0.1) is 11.3 Å². The number of hydrogen-bond donors (Lipinski definition) is 2. The first-order valence-corrected chi connectivity index (χ1v) is 7.00. The van der Waals surface area contributed by atoms with Crippen LogP contribution in [0.1, 0.15) is 24.1 Å². The van der Waals surface area contributed by atoms with Crippen molar-refractivity contribution in [1.29, 1.82) is 0 Å². The lowest BCUT2D eigenvalue weighted by Gasteiger charge is -2.32. The number of rotatable bonds is 5. The van der Waals surface area contributed by atoms with Crippen molar-refractivity contribution in [2.75, 3.05) is 0 Å². The van der Waals surface area contributed by atoms with Gasteiger partial charge in [0.1, 0.15) is 0 Å². The van der Waals surface area contributed by atoms with Gasteiger partial charge in [-0.2, -0.15) is 0 Å². The molecule has 2 N–H and O–H groups in total. The molecule has 0 bridgehead atoms. The van der Waals surface area contributed by atoms with E-state index in [4.69, 9.17) is 16.7 Å². The second-order valence-corrected chi connectivity index (χ2v) is 6.28. The maximum absolute atomic E-state index is 11.6. The Morgan fingerprint density at radius 3 is 2.72 bits per heavy atom. The number of carboxylic acids is 1. The van der Waals surface area contributed by atoms with Crippen LogP contribution in [0.3, 0.4) is 0 Å². The number of hydrogen-bond acceptors (Lipinski definition) is 3. The first kappa shape index (κ1) is 13.4. The van der Waals surface area contributed by atoms with Crippen LogP contribution in [0.5, 0.6) is 0 Å². The summed E-state index contributed by atoms with van der Waals surface area (Å²) in [5.41, 5.74) is 0. The van der Waals surface area contributed by atoms with Crippen LogP contribution in [0.4, 0.5) is 0 Å². The normalized spacial score (nSPS) is 22.3. The van der Waals surface area contributed by atoms with E-state index in [1.807, 2.05) is 12.1 Å². The van der Waals surface area contributed by atoms with Gasteiger partial charge in [0.25, 0.3) is 0 Å². The van der Waals surface area contributed by atoms with Crippen LogP contribution in [0.25, 0.3) is 0 Å². The average Bonchev–Trinajstić information content (AvgIpc) is 2.65. The summed E-state index contributed by atoms with van der Waals surface area (Å²) < 4.78 is 0.730. The molecule has 98 valence electrons. The monoisotopic (exact) mass is 287 g/mol. The first-order valence-electron chi connectivity index (χ1n) is 5.81. The summed E-state index contributed by atoms with van der Waals surface area (Å²) in [6, 6.07) is 3.78. The van der Waals surface area contributed by atoms with Crippen molar-refractivity contribution in [2.45, 2.75) is 31.7 Å². The van der Waals surface area contributed by atoms with E-state index >= 15 is 0 Å². The Labute approximate surface area is 114 Å². The highest BCUT2D eigenvalue weighted by atomic mass is 35.5. The highest BCUT2D eigenvalue weighted by Gasteiger charge is 2.35. The van der Waals surface area contributed by atoms with Crippen molar-refractivity contribution in [3.8, 4) is 0 Å². The van der Waals surface area contributed by atoms with Gasteiger partial charge < -0.3 is 10.4 Å². The lowest BCUT2D eigenvalue weighted by molar-refractivity contribution is -0.146. The fraction of sp³-hybridized carbons (Fsp3) is 0.500. The number of carbonyl (C=O) groups is 2. The minimum Gasteiger partial charge on any atom is -0.481 e. The molecule has 2 rings (SSSR count). The van der Waals surface area contributed by atoms with Gasteiger partial charge in [0.2, 0.25) is 5.91 Å². The Kier molecular flexibility index (Phi) is 4.24. The molecule has 0 spiro atoms. The van der Waals surface area contributed by atoms with Crippen molar-refractivity contribution in [3.05, 3.63) is 21.3 Å². The van der Waals surface area contributed by atoms with Crippen molar-refractivity contribution in [1.82, 2.24) is 5.32 Å². The standard InChI is InChI=1S/C12H14ClNO3S/c13-10-3-1-9(18-10)2-4-11(15)14-8-5-7(6-8)12(16)17/h1,3,7-8H,2,4-6H2,(H,14,15)(H,16,17). The molecule has 1 fully saturated rings. The summed E-state index contributed by atoms with van der Waals surface area (Å²) in [7, 11) is 0. The average molecular weight is 288 g/mol. The molecule has 1 heterocycles. The molecule has 0 aromatic carbocycles. The molecule has 0 unspecified atom stereocenters. The predicted molar refractivity (Wildman–Crippen MR) is 69.9 cm³/mol. The zero-order valence-electron chi connectivity index (χ0n) is 9.69. The zero-order chi connectivity index (χ0) is 13.1. The second-order valence-electron chi connectivity index (χ2n) is 4.48. The molecule has 18 heavy (non-hydrogen) atoms. The highest BCUT2D eigenvalue weighted by Crippen LogP contribution is 2.27. The number of nitrogens with one attached hydrogen (secondary N) is 1. The summed E-state index contributed by atoms with van der Waals surface area (Å²) in [4.78, 5) is 23.3. The van der Waals surface area contributed by atoms with Crippen LogP contribution < -0.4 is 5.32 Å². The molecule has 6 heteroatoms. The summed E-state index contributed by atoms with van der Waals surface area (Å²) in [6.45, 7) is 0. The number of aliphatic carboxylic acids is 1. The number of carbonyl (C=O) groups excluding carboxylic acids is 1. The Morgan fingerprint density at radius 1 is 1.44 bits per heavy atom. The van der Waals surface area contributed by atoms with Gasteiger partial charge in [0.15, 0.2) is 0 Å². The van der Waals surface area contributed by atoms with Gasteiger partial charge in [-0.05, 0) is 31.4 Å². The smallest absolute Gasteiger partial charge is 0.306 e. The van der Waals surface area contributed by atoms with Crippen LogP contribution in [0, 0.1) is 5.92 Å². The van der Waals surface area contributed by atoms with E-state index in [1.165, 1.54) is 11.3 Å². The zero-order valence-corrected chi connectivity index (χ0v) is 11.3. The van der Waals surface area contributed by atoms with Crippen LogP contribution >= 0.6 is 22.9 Å². The van der Waals surface area contributed by atoms with Crippen molar-refractivity contribution in [3.63, 3.8) is 0 Å². The van der Waals surface area contributed by atoms with Gasteiger partial charge in [-0.3, -0.25) is 9.59 Å². The van der Waals surface area contributed by atoms with E-state index < -0.39 is 5.97 Å². The Balaban J connectivity index is 1.66. The van der Waals surface area contributed by atoms with E-state index in [1.54, 1.807) is 0 Å². The van der Waals surface area contributed by atoms with E-state index in [2.05, 4.69) is 5.32 Å². The first-order chi connectivity index (χ1) is 8.54. The van der Waals surface area contributed by atoms with Crippen molar-refractivity contribution < 1.29 is 14.7 Å². The Hall–Kier alpha value is -1.07. The van der Waals surface area contributed by atoms with Gasteiger partial charge in [-0.1, -0.05) is 11.6 Å². The molecule has 1 aromatic heterocycles. The van der Waals surface area contributed by atoms with E-state index in [-0.39, 0.29) is 17.9 Å². The van der Waals surface area contributed by atoms with Gasteiger partial charge in [0.05, 0.1) is 10.3 Å². The third-order valence-electron chi connectivity index (χ3n) is 3.08. The van der Waals surface area contributed by atoms with E-state index in [0.717, 1.165) is 9.21 Å². The Bertz CT molecular complexity index is 454. The lowest BCUT2D eigenvalue weighted by Crippen LogP contribution is -2.46.